The van der Waals surface area contributed by atoms with Gasteiger partial charge in [-0.2, -0.15) is 0 Å². The molecule has 1 fully saturated rings. The highest BCUT2D eigenvalue weighted by Crippen LogP contribution is 2.23. The Balaban J connectivity index is 0.00000289. The zero-order valence-corrected chi connectivity index (χ0v) is 12.8. The van der Waals surface area contributed by atoms with E-state index in [1.165, 1.54) is 19.3 Å². The van der Waals surface area contributed by atoms with Crippen molar-refractivity contribution >= 4 is 18.3 Å². The predicted molar refractivity (Wildman–Crippen MR) is 78.9 cm³/mol. The quantitative estimate of drug-likeness (QED) is 0.839. The zero-order chi connectivity index (χ0) is 12.8. The lowest BCUT2D eigenvalue weighted by molar-refractivity contribution is -0.133. The van der Waals surface area contributed by atoms with Crippen LogP contribution in [0.1, 0.15) is 52.9 Å². The molecular weight excluding hydrogens is 248 g/mol. The van der Waals surface area contributed by atoms with Crippen molar-refractivity contribution in [3.63, 3.8) is 0 Å². The lowest BCUT2D eigenvalue weighted by Gasteiger charge is -2.33. The van der Waals surface area contributed by atoms with Gasteiger partial charge in [-0.1, -0.05) is 13.8 Å². The molecule has 1 aliphatic rings. The summed E-state index contributed by atoms with van der Waals surface area (Å²) in [6.45, 7) is 8.40. The number of carbonyl (C=O) groups is 1. The molecule has 18 heavy (non-hydrogen) atoms. The monoisotopic (exact) mass is 276 g/mol. The number of amides is 1. The smallest absolute Gasteiger partial charge is 0.222 e. The van der Waals surface area contributed by atoms with Gasteiger partial charge in [0.05, 0.1) is 0 Å². The van der Waals surface area contributed by atoms with Crippen LogP contribution in [0.2, 0.25) is 0 Å². The van der Waals surface area contributed by atoms with Crippen LogP contribution in [-0.2, 0) is 4.79 Å². The van der Waals surface area contributed by atoms with Gasteiger partial charge in [0.25, 0.3) is 0 Å². The van der Waals surface area contributed by atoms with Crippen molar-refractivity contribution < 1.29 is 4.79 Å². The second-order valence-electron chi connectivity index (χ2n) is 5.99. The average Bonchev–Trinajstić information content (AvgIpc) is 2.25. The third kappa shape index (κ3) is 6.60. The zero-order valence-electron chi connectivity index (χ0n) is 12.0. The molecule has 2 unspecified atom stereocenters. The van der Waals surface area contributed by atoms with Crippen LogP contribution < -0.4 is 5.73 Å². The summed E-state index contributed by atoms with van der Waals surface area (Å²) in [5.74, 6) is 1.75. The Hall–Kier alpha value is -0.280. The molecule has 0 spiro atoms. The SMILES string of the molecule is CC(C)CC1CCCN(C(=O)CCC(C)N)C1.Cl. The van der Waals surface area contributed by atoms with Crippen LogP contribution in [0.25, 0.3) is 0 Å². The summed E-state index contributed by atoms with van der Waals surface area (Å²) < 4.78 is 0. The Bertz CT molecular complexity index is 244. The van der Waals surface area contributed by atoms with Crippen molar-refractivity contribution in [3.8, 4) is 0 Å². The van der Waals surface area contributed by atoms with E-state index in [4.69, 9.17) is 5.73 Å². The number of piperidine rings is 1. The van der Waals surface area contributed by atoms with E-state index in [0.29, 0.717) is 18.2 Å². The molecule has 108 valence electrons. The van der Waals surface area contributed by atoms with E-state index >= 15 is 0 Å². The normalized spacial score (nSPS) is 21.6. The number of halogens is 1. The molecule has 0 radical (unpaired) electrons. The Kier molecular flexibility index (Phi) is 8.62. The average molecular weight is 277 g/mol. The summed E-state index contributed by atoms with van der Waals surface area (Å²) in [6, 6.07) is 0.134. The highest BCUT2D eigenvalue weighted by Gasteiger charge is 2.23. The molecule has 2 N–H and O–H groups in total. The largest absolute Gasteiger partial charge is 0.342 e. The summed E-state index contributed by atoms with van der Waals surface area (Å²) in [5.41, 5.74) is 5.69. The maximum absolute atomic E-state index is 12.0. The van der Waals surface area contributed by atoms with Crippen LogP contribution in [0.5, 0.6) is 0 Å². The number of hydrogen-bond acceptors (Lipinski definition) is 2. The third-order valence-electron chi connectivity index (χ3n) is 3.49. The van der Waals surface area contributed by atoms with Crippen LogP contribution in [0.15, 0.2) is 0 Å². The van der Waals surface area contributed by atoms with Crippen molar-refractivity contribution in [3.05, 3.63) is 0 Å². The van der Waals surface area contributed by atoms with E-state index in [1.807, 2.05) is 6.92 Å². The topological polar surface area (TPSA) is 46.3 Å². The summed E-state index contributed by atoms with van der Waals surface area (Å²) in [5, 5.41) is 0. The van der Waals surface area contributed by atoms with Gasteiger partial charge in [0.15, 0.2) is 0 Å². The molecule has 4 heteroatoms. The fourth-order valence-corrected chi connectivity index (χ4v) is 2.66. The Labute approximate surface area is 118 Å². The van der Waals surface area contributed by atoms with Gasteiger partial charge < -0.3 is 10.6 Å². The minimum atomic E-state index is 0. The molecule has 0 saturated carbocycles. The molecule has 1 heterocycles. The number of rotatable bonds is 5. The van der Waals surface area contributed by atoms with Gasteiger partial charge in [-0.25, -0.2) is 0 Å². The van der Waals surface area contributed by atoms with Gasteiger partial charge in [-0.3, -0.25) is 4.79 Å². The maximum atomic E-state index is 12.0. The molecule has 1 amide bonds. The fraction of sp³-hybridized carbons (Fsp3) is 0.929. The third-order valence-corrected chi connectivity index (χ3v) is 3.49. The van der Waals surface area contributed by atoms with Crippen molar-refractivity contribution in [2.45, 2.75) is 58.9 Å². The van der Waals surface area contributed by atoms with E-state index in [-0.39, 0.29) is 18.4 Å². The molecule has 1 aliphatic heterocycles. The van der Waals surface area contributed by atoms with Crippen molar-refractivity contribution in [2.24, 2.45) is 17.6 Å². The summed E-state index contributed by atoms with van der Waals surface area (Å²) >= 11 is 0. The van der Waals surface area contributed by atoms with Crippen LogP contribution in [0.3, 0.4) is 0 Å². The van der Waals surface area contributed by atoms with E-state index < -0.39 is 0 Å². The van der Waals surface area contributed by atoms with E-state index in [9.17, 15) is 4.79 Å². The molecule has 0 aliphatic carbocycles. The highest BCUT2D eigenvalue weighted by atomic mass is 35.5. The first-order chi connectivity index (χ1) is 7.99. The molecule has 1 rings (SSSR count). The minimum absolute atomic E-state index is 0. The lowest BCUT2D eigenvalue weighted by Crippen LogP contribution is -2.40. The Morgan fingerprint density at radius 2 is 2.06 bits per heavy atom. The van der Waals surface area contributed by atoms with Crippen molar-refractivity contribution in [2.75, 3.05) is 13.1 Å². The van der Waals surface area contributed by atoms with Crippen LogP contribution >= 0.6 is 12.4 Å². The standard InChI is InChI=1S/C14H28N2O.ClH/c1-11(2)9-13-5-4-8-16(10-13)14(17)7-6-12(3)15;/h11-13H,4-10,15H2,1-3H3;1H. The summed E-state index contributed by atoms with van der Waals surface area (Å²) in [4.78, 5) is 14.1. The molecule has 2 atom stereocenters. The number of hydrogen-bond donors (Lipinski definition) is 1. The van der Waals surface area contributed by atoms with Crippen molar-refractivity contribution in [1.29, 1.82) is 0 Å². The minimum Gasteiger partial charge on any atom is -0.342 e. The number of nitrogens with two attached hydrogens (primary N) is 1. The summed E-state index contributed by atoms with van der Waals surface area (Å²) in [6.07, 6.45) is 5.13. The number of carbonyl (C=O) groups excluding carboxylic acids is 1. The molecule has 0 aromatic heterocycles. The van der Waals surface area contributed by atoms with Crippen molar-refractivity contribution in [1.82, 2.24) is 4.90 Å². The first-order valence-corrected chi connectivity index (χ1v) is 7.02. The van der Waals surface area contributed by atoms with E-state index in [1.54, 1.807) is 0 Å². The first-order valence-electron chi connectivity index (χ1n) is 7.02. The number of likely N-dealkylation sites (tertiary alicyclic amines) is 1. The first kappa shape index (κ1) is 17.7. The van der Waals surface area contributed by atoms with Crippen LogP contribution in [0.4, 0.5) is 0 Å². The van der Waals surface area contributed by atoms with Gasteiger partial charge in [-0.05, 0) is 44.4 Å². The van der Waals surface area contributed by atoms with Gasteiger partial charge in [-0.15, -0.1) is 12.4 Å². The maximum Gasteiger partial charge on any atom is 0.222 e. The van der Waals surface area contributed by atoms with Gasteiger partial charge >= 0.3 is 0 Å². The lowest BCUT2D eigenvalue weighted by atomic mass is 9.89. The fourth-order valence-electron chi connectivity index (χ4n) is 2.66. The number of nitrogens with zero attached hydrogens (tertiary/aromatic N) is 1. The highest BCUT2D eigenvalue weighted by molar-refractivity contribution is 5.85. The predicted octanol–water partition coefficient (Wildman–Crippen LogP) is 2.82. The Morgan fingerprint density at radius 3 is 2.61 bits per heavy atom. The van der Waals surface area contributed by atoms with Gasteiger partial charge in [0, 0.05) is 25.6 Å². The molecule has 0 aromatic rings. The molecule has 0 bridgehead atoms. The van der Waals surface area contributed by atoms with Crippen LogP contribution in [-0.4, -0.2) is 29.9 Å². The molecule has 1 saturated heterocycles. The van der Waals surface area contributed by atoms with Gasteiger partial charge in [0.2, 0.25) is 5.91 Å². The van der Waals surface area contributed by atoms with Gasteiger partial charge in [0.1, 0.15) is 0 Å². The second kappa shape index (κ2) is 8.76. The summed E-state index contributed by atoms with van der Waals surface area (Å²) in [7, 11) is 0. The van der Waals surface area contributed by atoms with E-state index in [0.717, 1.165) is 25.4 Å². The molecule has 0 aromatic carbocycles. The molecule has 3 nitrogen and oxygen atoms in total. The second-order valence-corrected chi connectivity index (χ2v) is 5.99. The van der Waals surface area contributed by atoms with E-state index in [2.05, 4.69) is 18.7 Å². The molecular formula is C14H29ClN2O. The Morgan fingerprint density at radius 1 is 1.39 bits per heavy atom. The van der Waals surface area contributed by atoms with Crippen LogP contribution in [0, 0.1) is 11.8 Å².